The van der Waals surface area contributed by atoms with E-state index in [9.17, 15) is 0 Å². The smallest absolute Gasteiger partial charge is 0.0814 e. The van der Waals surface area contributed by atoms with Gasteiger partial charge in [0.1, 0.15) is 0 Å². The van der Waals surface area contributed by atoms with Crippen molar-refractivity contribution in [1.29, 1.82) is 0 Å². The molecular weight excluding hydrogens is 190 g/mol. The summed E-state index contributed by atoms with van der Waals surface area (Å²) >= 11 is 0. The Labute approximate surface area is 90.8 Å². The van der Waals surface area contributed by atoms with Crippen molar-refractivity contribution >= 4 is 0 Å². The highest BCUT2D eigenvalue weighted by molar-refractivity contribution is 5.18. The van der Waals surface area contributed by atoms with E-state index >= 15 is 0 Å². The second-order valence-corrected chi connectivity index (χ2v) is 3.83. The largest absolute Gasteiger partial charge is 0.396 e. The summed E-state index contributed by atoms with van der Waals surface area (Å²) < 4.78 is 0. The first-order valence-electron chi connectivity index (χ1n) is 5.28. The van der Waals surface area contributed by atoms with E-state index in [-0.39, 0.29) is 12.1 Å². The highest BCUT2D eigenvalue weighted by Crippen LogP contribution is 2.23. The van der Waals surface area contributed by atoms with Gasteiger partial charge in [-0.2, -0.15) is 0 Å². The minimum absolute atomic E-state index is 0.138. The van der Waals surface area contributed by atoms with Gasteiger partial charge in [0, 0.05) is 19.0 Å². The summed E-state index contributed by atoms with van der Waals surface area (Å²) in [5, 5.41) is 12.4. The van der Waals surface area contributed by atoms with E-state index in [4.69, 9.17) is 5.11 Å². The zero-order valence-electron chi connectivity index (χ0n) is 9.62. The Kier molecular flexibility index (Phi) is 4.17. The Morgan fingerprint density at radius 1 is 1.40 bits per heavy atom. The van der Waals surface area contributed by atoms with Crippen LogP contribution in [0.25, 0.3) is 0 Å². The summed E-state index contributed by atoms with van der Waals surface area (Å²) in [6.07, 6.45) is 4.01. The molecule has 0 spiro atoms. The van der Waals surface area contributed by atoms with Gasteiger partial charge in [-0.05, 0) is 26.8 Å². The minimum atomic E-state index is -0.290. The number of nitrogens with zero attached hydrogens (tertiary/aromatic N) is 2. The summed E-state index contributed by atoms with van der Waals surface area (Å²) in [5.41, 5.74) is 1.54. The lowest BCUT2D eigenvalue weighted by molar-refractivity contribution is 0.219. The average molecular weight is 209 g/mol. The molecule has 0 aliphatic rings. The van der Waals surface area contributed by atoms with E-state index in [2.05, 4.69) is 15.3 Å². The zero-order chi connectivity index (χ0) is 11.3. The monoisotopic (exact) mass is 209 g/mol. The number of hydrogen-bond acceptors (Lipinski definition) is 4. The summed E-state index contributed by atoms with van der Waals surface area (Å²) in [6.45, 7) is 7.01. The fourth-order valence-corrected chi connectivity index (χ4v) is 1.85. The topological polar surface area (TPSA) is 58.0 Å². The molecule has 0 aliphatic carbocycles. The van der Waals surface area contributed by atoms with Gasteiger partial charge in [0.05, 0.1) is 16.9 Å². The highest BCUT2D eigenvalue weighted by atomic mass is 16.3. The molecule has 0 aliphatic heterocycles. The molecular formula is C11H19N3O. The van der Waals surface area contributed by atoms with Crippen molar-refractivity contribution in [1.82, 2.24) is 15.3 Å². The fraction of sp³-hybridized carbons (Fsp3) is 0.636. The third-order valence-corrected chi connectivity index (χ3v) is 2.58. The molecule has 4 heteroatoms. The van der Waals surface area contributed by atoms with Gasteiger partial charge < -0.3 is 10.4 Å². The average Bonchev–Trinajstić information content (AvgIpc) is 2.19. The first-order chi connectivity index (χ1) is 7.14. The van der Waals surface area contributed by atoms with E-state index in [1.165, 1.54) is 0 Å². The summed E-state index contributed by atoms with van der Waals surface area (Å²) in [7, 11) is 0. The normalized spacial score (nSPS) is 14.9. The number of hydrogen-bond donors (Lipinski definition) is 2. The second kappa shape index (κ2) is 5.19. The molecule has 84 valence electrons. The maximum absolute atomic E-state index is 9.09. The number of nitrogens with one attached hydrogen (secondary N) is 1. The van der Waals surface area contributed by atoms with Gasteiger partial charge in [0.25, 0.3) is 0 Å². The molecule has 0 fully saturated rings. The van der Waals surface area contributed by atoms with Crippen molar-refractivity contribution in [3.63, 3.8) is 0 Å². The molecule has 1 aromatic heterocycles. The fourth-order valence-electron chi connectivity index (χ4n) is 1.85. The lowest BCUT2D eigenvalue weighted by Gasteiger charge is -2.30. The Morgan fingerprint density at radius 3 is 2.60 bits per heavy atom. The van der Waals surface area contributed by atoms with Crippen LogP contribution in [0.5, 0.6) is 0 Å². The van der Waals surface area contributed by atoms with Gasteiger partial charge in [-0.25, -0.2) is 0 Å². The first-order valence-corrected chi connectivity index (χ1v) is 5.28. The second-order valence-electron chi connectivity index (χ2n) is 3.83. The summed E-state index contributed by atoms with van der Waals surface area (Å²) in [6, 6.07) is 0. The van der Waals surface area contributed by atoms with Crippen molar-refractivity contribution in [3.8, 4) is 0 Å². The van der Waals surface area contributed by atoms with Crippen LogP contribution in [0.15, 0.2) is 12.4 Å². The van der Waals surface area contributed by atoms with E-state index in [0.29, 0.717) is 6.42 Å². The predicted molar refractivity (Wildman–Crippen MR) is 59.5 cm³/mol. The molecule has 1 unspecified atom stereocenters. The van der Waals surface area contributed by atoms with Gasteiger partial charge in [-0.15, -0.1) is 0 Å². The van der Waals surface area contributed by atoms with Crippen LogP contribution in [0.4, 0.5) is 0 Å². The Morgan fingerprint density at radius 2 is 2.07 bits per heavy atom. The van der Waals surface area contributed by atoms with Crippen LogP contribution in [0, 0.1) is 6.92 Å². The van der Waals surface area contributed by atoms with Crippen molar-refractivity contribution in [2.45, 2.75) is 32.7 Å². The van der Waals surface area contributed by atoms with E-state index < -0.39 is 0 Å². The SMILES string of the molecule is CCNC(C)(CCO)c1nccnc1C. The molecule has 0 radical (unpaired) electrons. The Balaban J connectivity index is 3.03. The predicted octanol–water partition coefficient (Wildman–Crippen LogP) is 0.992. The van der Waals surface area contributed by atoms with Gasteiger partial charge >= 0.3 is 0 Å². The van der Waals surface area contributed by atoms with Gasteiger partial charge in [0.15, 0.2) is 0 Å². The summed E-state index contributed by atoms with van der Waals surface area (Å²) in [4.78, 5) is 8.58. The number of aryl methyl sites for hydroxylation is 1. The molecule has 0 aromatic carbocycles. The number of aliphatic hydroxyl groups is 1. The Hall–Kier alpha value is -1.00. The lowest BCUT2D eigenvalue weighted by atomic mass is 9.92. The molecule has 4 nitrogen and oxygen atoms in total. The molecule has 15 heavy (non-hydrogen) atoms. The number of aliphatic hydroxyl groups excluding tert-OH is 1. The quantitative estimate of drug-likeness (QED) is 0.759. The lowest BCUT2D eigenvalue weighted by Crippen LogP contribution is -2.41. The van der Waals surface area contributed by atoms with Crippen LogP contribution in [0.1, 0.15) is 31.7 Å². The highest BCUT2D eigenvalue weighted by Gasteiger charge is 2.28. The van der Waals surface area contributed by atoms with Crippen molar-refractivity contribution in [2.75, 3.05) is 13.2 Å². The molecule has 1 aromatic rings. The minimum Gasteiger partial charge on any atom is -0.396 e. The van der Waals surface area contributed by atoms with Crippen LogP contribution < -0.4 is 5.32 Å². The Bertz CT molecular complexity index is 308. The van der Waals surface area contributed by atoms with E-state index in [1.54, 1.807) is 12.4 Å². The molecule has 2 N–H and O–H groups in total. The maximum atomic E-state index is 9.09. The molecule has 0 saturated carbocycles. The molecule has 0 bridgehead atoms. The third-order valence-electron chi connectivity index (χ3n) is 2.58. The summed E-state index contributed by atoms with van der Waals surface area (Å²) in [5.74, 6) is 0. The van der Waals surface area contributed by atoms with Crippen LogP contribution in [-0.2, 0) is 5.54 Å². The van der Waals surface area contributed by atoms with Crippen LogP contribution >= 0.6 is 0 Å². The van der Waals surface area contributed by atoms with Crippen molar-refractivity contribution in [2.24, 2.45) is 0 Å². The molecule has 0 saturated heterocycles. The van der Waals surface area contributed by atoms with E-state index in [1.807, 2.05) is 20.8 Å². The van der Waals surface area contributed by atoms with Gasteiger partial charge in [0.2, 0.25) is 0 Å². The van der Waals surface area contributed by atoms with Crippen molar-refractivity contribution < 1.29 is 5.11 Å². The molecule has 1 heterocycles. The third kappa shape index (κ3) is 2.73. The van der Waals surface area contributed by atoms with Crippen LogP contribution in [-0.4, -0.2) is 28.2 Å². The zero-order valence-corrected chi connectivity index (χ0v) is 9.62. The number of rotatable bonds is 5. The van der Waals surface area contributed by atoms with Gasteiger partial charge in [-0.3, -0.25) is 9.97 Å². The van der Waals surface area contributed by atoms with Crippen molar-refractivity contribution in [3.05, 3.63) is 23.8 Å². The van der Waals surface area contributed by atoms with Gasteiger partial charge in [-0.1, -0.05) is 6.92 Å². The van der Waals surface area contributed by atoms with E-state index in [0.717, 1.165) is 17.9 Å². The first kappa shape index (κ1) is 12.1. The van der Waals surface area contributed by atoms with Crippen LogP contribution in [0.3, 0.4) is 0 Å². The number of aromatic nitrogens is 2. The van der Waals surface area contributed by atoms with Crippen LogP contribution in [0.2, 0.25) is 0 Å². The molecule has 0 amide bonds. The molecule has 1 rings (SSSR count). The molecule has 1 atom stereocenters. The maximum Gasteiger partial charge on any atom is 0.0814 e. The standard InChI is InChI=1S/C11H19N3O/c1-4-14-11(3,5-8-15)10-9(2)12-6-7-13-10/h6-7,14-15H,4-5,8H2,1-3H3.